The number of anilines is 1. The van der Waals surface area contributed by atoms with Crippen LogP contribution >= 0.6 is 11.6 Å². The summed E-state index contributed by atoms with van der Waals surface area (Å²) in [6, 6.07) is 12.9. The van der Waals surface area contributed by atoms with E-state index in [1.54, 1.807) is 43.5 Å². The van der Waals surface area contributed by atoms with Gasteiger partial charge in [-0.2, -0.15) is 0 Å². The van der Waals surface area contributed by atoms with Gasteiger partial charge in [0.2, 0.25) is 5.91 Å². The van der Waals surface area contributed by atoms with Crippen molar-refractivity contribution in [3.05, 3.63) is 59.1 Å². The molecular formula is C19H23ClN2O4S. The van der Waals surface area contributed by atoms with Crippen LogP contribution in [0.1, 0.15) is 12.0 Å². The Morgan fingerprint density at radius 1 is 1.19 bits per heavy atom. The number of methoxy groups -OCH3 is 1. The van der Waals surface area contributed by atoms with Crippen molar-refractivity contribution >= 4 is 33.2 Å². The second-order valence-electron chi connectivity index (χ2n) is 5.95. The van der Waals surface area contributed by atoms with Gasteiger partial charge in [-0.1, -0.05) is 35.9 Å². The van der Waals surface area contributed by atoms with E-state index < -0.39 is 15.9 Å². The van der Waals surface area contributed by atoms with Crippen LogP contribution in [0.4, 0.5) is 5.69 Å². The van der Waals surface area contributed by atoms with Crippen molar-refractivity contribution in [2.75, 3.05) is 31.1 Å². The summed E-state index contributed by atoms with van der Waals surface area (Å²) < 4.78 is 32.3. The molecule has 2 aromatic carbocycles. The molecule has 1 amide bonds. The van der Waals surface area contributed by atoms with Crippen molar-refractivity contribution in [1.29, 1.82) is 0 Å². The number of nitrogens with zero attached hydrogens (tertiary/aromatic N) is 1. The van der Waals surface area contributed by atoms with E-state index >= 15 is 0 Å². The van der Waals surface area contributed by atoms with E-state index in [-0.39, 0.29) is 11.4 Å². The fourth-order valence-electron chi connectivity index (χ4n) is 2.40. The zero-order chi connectivity index (χ0) is 19.9. The quantitative estimate of drug-likeness (QED) is 0.645. The summed E-state index contributed by atoms with van der Waals surface area (Å²) in [7, 11) is -2.34. The first kappa shape index (κ1) is 21.2. The smallest absolute Gasteiger partial charge is 0.264 e. The van der Waals surface area contributed by atoms with Gasteiger partial charge in [0.25, 0.3) is 10.0 Å². The normalized spacial score (nSPS) is 11.2. The summed E-state index contributed by atoms with van der Waals surface area (Å²) in [4.78, 5) is 12.4. The van der Waals surface area contributed by atoms with Crippen LogP contribution in [0.25, 0.3) is 0 Å². The Morgan fingerprint density at radius 2 is 1.89 bits per heavy atom. The molecule has 2 rings (SSSR count). The third-order valence-corrected chi connectivity index (χ3v) is 6.10. The second kappa shape index (κ2) is 9.73. The molecule has 0 aliphatic heterocycles. The molecule has 0 fully saturated rings. The highest BCUT2D eigenvalue weighted by Gasteiger charge is 2.27. The molecule has 0 atom stereocenters. The molecule has 0 aliphatic rings. The zero-order valence-electron chi connectivity index (χ0n) is 15.3. The van der Waals surface area contributed by atoms with Crippen molar-refractivity contribution in [3.8, 4) is 0 Å². The van der Waals surface area contributed by atoms with E-state index in [0.717, 1.165) is 9.87 Å². The van der Waals surface area contributed by atoms with Gasteiger partial charge in [0.05, 0.1) is 10.6 Å². The third kappa shape index (κ3) is 5.69. The molecule has 8 heteroatoms. The summed E-state index contributed by atoms with van der Waals surface area (Å²) in [6.45, 7) is 2.40. The number of aryl methyl sites for hydroxylation is 1. The second-order valence-corrected chi connectivity index (χ2v) is 8.22. The minimum Gasteiger partial charge on any atom is -0.385 e. The Bertz CT molecular complexity index is 873. The summed E-state index contributed by atoms with van der Waals surface area (Å²) in [5.74, 6) is -0.401. The van der Waals surface area contributed by atoms with Crippen molar-refractivity contribution in [1.82, 2.24) is 5.32 Å². The van der Waals surface area contributed by atoms with Crippen LogP contribution in [-0.4, -0.2) is 41.1 Å². The zero-order valence-corrected chi connectivity index (χ0v) is 16.9. The third-order valence-electron chi connectivity index (χ3n) is 3.91. The molecule has 0 heterocycles. The monoisotopic (exact) mass is 410 g/mol. The topological polar surface area (TPSA) is 75.7 Å². The van der Waals surface area contributed by atoms with E-state index in [0.29, 0.717) is 30.3 Å². The number of hydrogen-bond acceptors (Lipinski definition) is 4. The molecule has 1 N–H and O–H groups in total. The van der Waals surface area contributed by atoms with Gasteiger partial charge < -0.3 is 10.1 Å². The summed E-state index contributed by atoms with van der Waals surface area (Å²) in [6.07, 6.45) is 0.643. The standard InChI is InChI=1S/C19H23ClN2O4S/c1-15-9-10-16(13-18(15)20)22(14-19(23)21-11-6-12-26-2)27(24,25)17-7-4-3-5-8-17/h3-5,7-10,13H,6,11-12,14H2,1-2H3,(H,21,23). The van der Waals surface area contributed by atoms with Crippen molar-refractivity contribution in [3.63, 3.8) is 0 Å². The maximum atomic E-state index is 13.1. The summed E-state index contributed by atoms with van der Waals surface area (Å²) >= 11 is 6.17. The molecule has 2 aromatic rings. The molecule has 6 nitrogen and oxygen atoms in total. The molecular weight excluding hydrogens is 388 g/mol. The molecule has 27 heavy (non-hydrogen) atoms. The number of nitrogens with one attached hydrogen (secondary N) is 1. The van der Waals surface area contributed by atoms with Gasteiger partial charge in [-0.15, -0.1) is 0 Å². The molecule has 0 aromatic heterocycles. The lowest BCUT2D eigenvalue weighted by atomic mass is 10.2. The largest absolute Gasteiger partial charge is 0.385 e. The number of halogens is 1. The average Bonchev–Trinajstić information content (AvgIpc) is 2.66. The van der Waals surface area contributed by atoms with Gasteiger partial charge >= 0.3 is 0 Å². The maximum absolute atomic E-state index is 13.1. The highest BCUT2D eigenvalue weighted by atomic mass is 35.5. The van der Waals surface area contributed by atoms with E-state index in [1.807, 2.05) is 6.92 Å². The highest BCUT2D eigenvalue weighted by molar-refractivity contribution is 7.92. The molecule has 0 radical (unpaired) electrons. The minimum atomic E-state index is -3.92. The van der Waals surface area contributed by atoms with Crippen LogP contribution in [-0.2, 0) is 19.6 Å². The summed E-state index contributed by atoms with van der Waals surface area (Å²) in [5.41, 5.74) is 1.16. The number of ether oxygens (including phenoxy) is 1. The minimum absolute atomic E-state index is 0.105. The van der Waals surface area contributed by atoms with Crippen LogP contribution in [0, 0.1) is 6.92 Å². The predicted octanol–water partition coefficient (Wildman–Crippen LogP) is 3.00. The fraction of sp³-hybridized carbons (Fsp3) is 0.316. The van der Waals surface area contributed by atoms with Gasteiger partial charge in [0.1, 0.15) is 6.54 Å². The van der Waals surface area contributed by atoms with Crippen LogP contribution in [0.15, 0.2) is 53.4 Å². The molecule has 0 bridgehead atoms. The van der Waals surface area contributed by atoms with Crippen LogP contribution < -0.4 is 9.62 Å². The number of hydrogen-bond donors (Lipinski definition) is 1. The lowest BCUT2D eigenvalue weighted by molar-refractivity contribution is -0.119. The van der Waals surface area contributed by atoms with Crippen molar-refractivity contribution in [2.45, 2.75) is 18.2 Å². The number of benzene rings is 2. The van der Waals surface area contributed by atoms with Gasteiger partial charge in [-0.3, -0.25) is 9.10 Å². The molecule has 146 valence electrons. The van der Waals surface area contributed by atoms with E-state index in [2.05, 4.69) is 5.32 Å². The Hall–Kier alpha value is -2.09. The number of carbonyl (C=O) groups is 1. The van der Waals surface area contributed by atoms with Crippen molar-refractivity contribution < 1.29 is 17.9 Å². The highest BCUT2D eigenvalue weighted by Crippen LogP contribution is 2.27. The molecule has 0 aliphatic carbocycles. The molecule has 0 spiro atoms. The van der Waals surface area contributed by atoms with Gasteiger partial charge in [0.15, 0.2) is 0 Å². The predicted molar refractivity (Wildman–Crippen MR) is 107 cm³/mol. The van der Waals surface area contributed by atoms with Crippen LogP contribution in [0.2, 0.25) is 5.02 Å². The molecule has 0 saturated carbocycles. The maximum Gasteiger partial charge on any atom is 0.264 e. The lowest BCUT2D eigenvalue weighted by Crippen LogP contribution is -2.41. The van der Waals surface area contributed by atoms with Crippen molar-refractivity contribution in [2.24, 2.45) is 0 Å². The Kier molecular flexibility index (Phi) is 7.65. The van der Waals surface area contributed by atoms with E-state index in [9.17, 15) is 13.2 Å². The summed E-state index contributed by atoms with van der Waals surface area (Å²) in [5, 5.41) is 3.14. The SMILES string of the molecule is COCCCNC(=O)CN(c1ccc(C)c(Cl)c1)S(=O)(=O)c1ccccc1. The molecule has 0 saturated heterocycles. The fourth-order valence-corrected chi connectivity index (χ4v) is 4.01. The first-order chi connectivity index (χ1) is 12.9. The van der Waals surface area contributed by atoms with Gasteiger partial charge in [-0.25, -0.2) is 8.42 Å². The first-order valence-electron chi connectivity index (χ1n) is 8.46. The van der Waals surface area contributed by atoms with Crippen LogP contribution in [0.5, 0.6) is 0 Å². The number of amides is 1. The van der Waals surface area contributed by atoms with Crippen LogP contribution in [0.3, 0.4) is 0 Å². The number of carbonyl (C=O) groups excluding carboxylic acids is 1. The van der Waals surface area contributed by atoms with E-state index in [1.165, 1.54) is 12.1 Å². The Morgan fingerprint density at radius 3 is 2.52 bits per heavy atom. The average molecular weight is 411 g/mol. The molecule has 0 unspecified atom stereocenters. The van der Waals surface area contributed by atoms with E-state index in [4.69, 9.17) is 16.3 Å². The first-order valence-corrected chi connectivity index (χ1v) is 10.3. The Balaban J connectivity index is 2.31. The van der Waals surface area contributed by atoms with Gasteiger partial charge in [-0.05, 0) is 43.2 Å². The lowest BCUT2D eigenvalue weighted by Gasteiger charge is -2.24. The Labute approximate surface area is 165 Å². The van der Waals surface area contributed by atoms with Gasteiger partial charge in [0, 0.05) is 25.3 Å². The number of sulfonamides is 1. The number of rotatable bonds is 9.